The maximum Gasteiger partial charge on any atom is 0.219 e. The second-order valence-corrected chi connectivity index (χ2v) is 4.91. The lowest BCUT2D eigenvalue weighted by Crippen LogP contribution is -2.52. The minimum atomic E-state index is 0.189. The average molecular weight is 227 g/mol. The zero-order valence-corrected chi connectivity index (χ0v) is 10.8. The van der Waals surface area contributed by atoms with E-state index in [0.717, 1.165) is 26.1 Å². The fourth-order valence-electron chi connectivity index (χ4n) is 2.69. The largest absolute Gasteiger partial charge is 0.336 e. The molecule has 0 aromatic heterocycles. The first-order valence-corrected chi connectivity index (χ1v) is 6.27. The van der Waals surface area contributed by atoms with Crippen LogP contribution in [-0.2, 0) is 4.79 Å². The Morgan fingerprint density at radius 2 is 2.25 bits per heavy atom. The average Bonchev–Trinajstić information content (AvgIpc) is 2.17. The van der Waals surface area contributed by atoms with E-state index in [9.17, 15) is 4.79 Å². The zero-order valence-electron chi connectivity index (χ0n) is 10.8. The van der Waals surface area contributed by atoms with Crippen molar-refractivity contribution in [2.75, 3.05) is 26.2 Å². The quantitative estimate of drug-likeness (QED) is 0.768. The molecule has 94 valence electrons. The van der Waals surface area contributed by atoms with Crippen molar-refractivity contribution in [2.45, 2.75) is 45.7 Å². The second-order valence-electron chi connectivity index (χ2n) is 4.91. The molecule has 4 heteroatoms. The number of piperidine rings is 1. The molecule has 1 aliphatic rings. The first-order chi connectivity index (χ1) is 7.56. The standard InChI is InChI=1S/C12H25N3O/c1-10(2)15(11(3)16)12-5-4-7-14(9-12)8-6-13/h10,12H,4-9,13H2,1-3H3. The normalized spacial score (nSPS) is 22.4. The SMILES string of the molecule is CC(=O)N(C(C)C)C1CCCN(CCN)C1. The van der Waals surface area contributed by atoms with Gasteiger partial charge in [0.25, 0.3) is 0 Å². The number of hydrogen-bond acceptors (Lipinski definition) is 3. The fourth-order valence-corrected chi connectivity index (χ4v) is 2.69. The number of hydrogen-bond donors (Lipinski definition) is 1. The van der Waals surface area contributed by atoms with Gasteiger partial charge in [-0.1, -0.05) is 0 Å². The second kappa shape index (κ2) is 6.21. The Morgan fingerprint density at radius 3 is 2.75 bits per heavy atom. The maximum atomic E-state index is 11.6. The molecule has 2 N–H and O–H groups in total. The van der Waals surface area contributed by atoms with E-state index in [1.807, 2.05) is 4.90 Å². The monoisotopic (exact) mass is 227 g/mol. The third-order valence-electron chi connectivity index (χ3n) is 3.24. The number of rotatable bonds is 4. The molecule has 0 bridgehead atoms. The summed E-state index contributed by atoms with van der Waals surface area (Å²) in [6, 6.07) is 0.665. The number of nitrogens with zero attached hydrogens (tertiary/aromatic N) is 2. The van der Waals surface area contributed by atoms with Crippen LogP contribution in [0.1, 0.15) is 33.6 Å². The number of nitrogens with two attached hydrogens (primary N) is 1. The Hall–Kier alpha value is -0.610. The molecule has 1 amide bonds. The smallest absolute Gasteiger partial charge is 0.219 e. The van der Waals surface area contributed by atoms with E-state index in [4.69, 9.17) is 5.73 Å². The highest BCUT2D eigenvalue weighted by molar-refractivity contribution is 5.74. The summed E-state index contributed by atoms with van der Waals surface area (Å²) < 4.78 is 0. The van der Waals surface area contributed by atoms with E-state index < -0.39 is 0 Å². The van der Waals surface area contributed by atoms with Gasteiger partial charge in [-0.2, -0.15) is 0 Å². The molecule has 1 aliphatic heterocycles. The number of amides is 1. The van der Waals surface area contributed by atoms with Crippen LogP contribution in [0, 0.1) is 0 Å². The summed E-state index contributed by atoms with van der Waals surface area (Å²) in [5.74, 6) is 0.189. The molecule has 0 aliphatic carbocycles. The van der Waals surface area contributed by atoms with Gasteiger partial charge in [-0.15, -0.1) is 0 Å². The summed E-state index contributed by atoms with van der Waals surface area (Å²) in [5, 5.41) is 0. The van der Waals surface area contributed by atoms with Gasteiger partial charge < -0.3 is 15.5 Å². The number of carbonyl (C=O) groups excluding carboxylic acids is 1. The Bertz CT molecular complexity index is 228. The van der Waals surface area contributed by atoms with Gasteiger partial charge in [-0.3, -0.25) is 4.79 Å². The summed E-state index contributed by atoms with van der Waals surface area (Å²) in [4.78, 5) is 16.0. The van der Waals surface area contributed by atoms with Crippen molar-refractivity contribution in [1.82, 2.24) is 9.80 Å². The molecular formula is C12H25N3O. The summed E-state index contributed by atoms with van der Waals surface area (Å²) in [6.07, 6.45) is 2.29. The van der Waals surface area contributed by atoms with E-state index in [1.165, 1.54) is 6.42 Å². The third kappa shape index (κ3) is 3.46. The molecule has 1 unspecified atom stereocenters. The molecule has 1 atom stereocenters. The molecule has 1 saturated heterocycles. The van der Waals surface area contributed by atoms with Gasteiger partial charge in [0.15, 0.2) is 0 Å². The van der Waals surface area contributed by atoms with Crippen LogP contribution in [0.2, 0.25) is 0 Å². The van der Waals surface area contributed by atoms with Crippen LogP contribution in [0.25, 0.3) is 0 Å². The van der Waals surface area contributed by atoms with E-state index in [2.05, 4.69) is 18.7 Å². The van der Waals surface area contributed by atoms with Crippen LogP contribution in [0.3, 0.4) is 0 Å². The summed E-state index contributed by atoms with van der Waals surface area (Å²) >= 11 is 0. The van der Waals surface area contributed by atoms with Crippen molar-refractivity contribution in [1.29, 1.82) is 0 Å². The Kier molecular flexibility index (Phi) is 5.22. The van der Waals surface area contributed by atoms with Crippen molar-refractivity contribution < 1.29 is 4.79 Å². The highest BCUT2D eigenvalue weighted by Crippen LogP contribution is 2.18. The van der Waals surface area contributed by atoms with Crippen molar-refractivity contribution >= 4 is 5.91 Å². The van der Waals surface area contributed by atoms with Crippen LogP contribution in [-0.4, -0.2) is 54.0 Å². The van der Waals surface area contributed by atoms with Crippen molar-refractivity contribution in [2.24, 2.45) is 5.73 Å². The molecule has 0 radical (unpaired) electrons. The lowest BCUT2D eigenvalue weighted by Gasteiger charge is -2.41. The zero-order chi connectivity index (χ0) is 12.1. The summed E-state index contributed by atoms with van der Waals surface area (Å²) in [6.45, 7) is 9.59. The van der Waals surface area contributed by atoms with Crippen LogP contribution in [0.4, 0.5) is 0 Å². The molecule has 0 aromatic carbocycles. The predicted molar refractivity (Wildman–Crippen MR) is 66.2 cm³/mol. The van der Waals surface area contributed by atoms with Crippen molar-refractivity contribution in [3.63, 3.8) is 0 Å². The third-order valence-corrected chi connectivity index (χ3v) is 3.24. The molecule has 4 nitrogen and oxygen atoms in total. The van der Waals surface area contributed by atoms with Gasteiger partial charge in [0.05, 0.1) is 0 Å². The Morgan fingerprint density at radius 1 is 1.56 bits per heavy atom. The topological polar surface area (TPSA) is 49.6 Å². The molecule has 0 saturated carbocycles. The number of carbonyl (C=O) groups is 1. The highest BCUT2D eigenvalue weighted by atomic mass is 16.2. The molecule has 0 spiro atoms. The van der Waals surface area contributed by atoms with E-state index in [-0.39, 0.29) is 5.91 Å². The van der Waals surface area contributed by atoms with Gasteiger partial charge in [0, 0.05) is 38.6 Å². The lowest BCUT2D eigenvalue weighted by atomic mass is 10.0. The van der Waals surface area contributed by atoms with Crippen molar-refractivity contribution in [3.8, 4) is 0 Å². The molecule has 16 heavy (non-hydrogen) atoms. The van der Waals surface area contributed by atoms with Crippen LogP contribution in [0.5, 0.6) is 0 Å². The van der Waals surface area contributed by atoms with E-state index in [1.54, 1.807) is 6.92 Å². The Labute approximate surface area is 98.8 Å². The maximum absolute atomic E-state index is 11.6. The lowest BCUT2D eigenvalue weighted by molar-refractivity contribution is -0.134. The minimum absolute atomic E-state index is 0.189. The molecule has 1 rings (SSSR count). The van der Waals surface area contributed by atoms with Gasteiger partial charge in [0.2, 0.25) is 5.91 Å². The summed E-state index contributed by atoms with van der Waals surface area (Å²) in [7, 11) is 0. The minimum Gasteiger partial charge on any atom is -0.336 e. The molecular weight excluding hydrogens is 202 g/mol. The Balaban J connectivity index is 2.59. The van der Waals surface area contributed by atoms with E-state index >= 15 is 0 Å². The molecule has 0 aromatic rings. The molecule has 1 fully saturated rings. The van der Waals surface area contributed by atoms with Crippen LogP contribution < -0.4 is 5.73 Å². The fraction of sp³-hybridized carbons (Fsp3) is 0.917. The van der Waals surface area contributed by atoms with E-state index in [0.29, 0.717) is 18.6 Å². The van der Waals surface area contributed by atoms with Crippen LogP contribution >= 0.6 is 0 Å². The summed E-state index contributed by atoms with van der Waals surface area (Å²) in [5.41, 5.74) is 5.58. The highest BCUT2D eigenvalue weighted by Gasteiger charge is 2.28. The first-order valence-electron chi connectivity index (χ1n) is 6.27. The number of likely N-dealkylation sites (tertiary alicyclic amines) is 1. The predicted octanol–water partition coefficient (Wildman–Crippen LogP) is 0.666. The first kappa shape index (κ1) is 13.5. The van der Waals surface area contributed by atoms with Gasteiger partial charge in [-0.05, 0) is 33.2 Å². The van der Waals surface area contributed by atoms with Gasteiger partial charge >= 0.3 is 0 Å². The van der Waals surface area contributed by atoms with Crippen LogP contribution in [0.15, 0.2) is 0 Å². The van der Waals surface area contributed by atoms with Gasteiger partial charge in [-0.25, -0.2) is 0 Å². The molecule has 1 heterocycles. The van der Waals surface area contributed by atoms with Gasteiger partial charge in [0.1, 0.15) is 0 Å². The van der Waals surface area contributed by atoms with Crippen molar-refractivity contribution in [3.05, 3.63) is 0 Å².